The van der Waals surface area contributed by atoms with Crippen LogP contribution in [-0.4, -0.2) is 16.7 Å². The van der Waals surface area contributed by atoms with Gasteiger partial charge in [0.1, 0.15) is 17.1 Å². The Hall–Kier alpha value is -2.27. The lowest BCUT2D eigenvalue weighted by Crippen LogP contribution is -2.01. The minimum Gasteiger partial charge on any atom is -0.494 e. The van der Waals surface area contributed by atoms with E-state index in [0.29, 0.717) is 22.0 Å². The summed E-state index contributed by atoms with van der Waals surface area (Å²) in [5.74, 6) is 0.415. The quantitative estimate of drug-likeness (QED) is 0.787. The number of anilines is 1. The summed E-state index contributed by atoms with van der Waals surface area (Å²) in [4.78, 5) is 4.27. The van der Waals surface area contributed by atoms with Crippen molar-refractivity contribution in [2.75, 3.05) is 12.8 Å². The molecule has 0 spiro atoms. The van der Waals surface area contributed by atoms with E-state index in [2.05, 4.69) is 4.98 Å². The fourth-order valence-corrected chi connectivity index (χ4v) is 2.41. The van der Waals surface area contributed by atoms with Crippen molar-refractivity contribution < 1.29 is 9.13 Å². The first-order valence-electron chi connectivity index (χ1n) is 5.87. The molecule has 0 amide bonds. The molecule has 0 unspecified atom stereocenters. The third-order valence-corrected chi connectivity index (χ3v) is 3.22. The zero-order valence-electron chi connectivity index (χ0n) is 10.6. The van der Waals surface area contributed by atoms with Crippen LogP contribution in [0.25, 0.3) is 16.7 Å². The van der Waals surface area contributed by atoms with Crippen LogP contribution in [-0.2, 0) is 0 Å². The first-order valence-corrected chi connectivity index (χ1v) is 6.25. The maximum atomic E-state index is 13.5. The molecule has 4 nitrogen and oxygen atoms in total. The van der Waals surface area contributed by atoms with Crippen molar-refractivity contribution in [3.05, 3.63) is 47.2 Å². The molecule has 0 bridgehead atoms. The number of para-hydroxylation sites is 1. The Labute approximate surface area is 119 Å². The molecule has 0 aliphatic heterocycles. The number of imidazole rings is 1. The number of nitrogens with two attached hydrogens (primary N) is 1. The highest BCUT2D eigenvalue weighted by molar-refractivity contribution is 6.30. The predicted octanol–water partition coefficient (Wildman–Crippen LogP) is 3.41. The number of hydrogen-bond donors (Lipinski definition) is 1. The van der Waals surface area contributed by atoms with Gasteiger partial charge < -0.3 is 10.5 Å². The molecule has 3 aromatic rings. The first-order chi connectivity index (χ1) is 9.60. The fourth-order valence-electron chi connectivity index (χ4n) is 2.20. The summed E-state index contributed by atoms with van der Waals surface area (Å²) in [6.07, 6.45) is 0. The zero-order valence-corrected chi connectivity index (χ0v) is 11.4. The van der Waals surface area contributed by atoms with E-state index in [9.17, 15) is 4.39 Å². The summed E-state index contributed by atoms with van der Waals surface area (Å²) in [6.45, 7) is 0. The van der Waals surface area contributed by atoms with Crippen molar-refractivity contribution in [1.29, 1.82) is 0 Å². The summed E-state index contributed by atoms with van der Waals surface area (Å²) < 4.78 is 20.4. The number of benzene rings is 2. The Morgan fingerprint density at radius 2 is 2.10 bits per heavy atom. The van der Waals surface area contributed by atoms with Crippen LogP contribution in [0.2, 0.25) is 5.02 Å². The second-order valence-corrected chi connectivity index (χ2v) is 4.70. The van der Waals surface area contributed by atoms with Gasteiger partial charge >= 0.3 is 0 Å². The molecular formula is C14H11ClFN3O. The van der Waals surface area contributed by atoms with Crippen molar-refractivity contribution in [2.45, 2.75) is 0 Å². The van der Waals surface area contributed by atoms with Gasteiger partial charge in [0.05, 0.1) is 18.3 Å². The third-order valence-electron chi connectivity index (χ3n) is 3.00. The van der Waals surface area contributed by atoms with E-state index < -0.39 is 5.82 Å². The van der Waals surface area contributed by atoms with Crippen LogP contribution in [0.5, 0.6) is 5.75 Å². The van der Waals surface area contributed by atoms with Crippen LogP contribution in [0.3, 0.4) is 0 Å². The minimum atomic E-state index is -0.434. The van der Waals surface area contributed by atoms with Gasteiger partial charge in [-0.1, -0.05) is 17.7 Å². The van der Waals surface area contributed by atoms with Gasteiger partial charge in [-0.25, -0.2) is 9.37 Å². The van der Waals surface area contributed by atoms with E-state index in [4.69, 9.17) is 22.1 Å². The van der Waals surface area contributed by atoms with Gasteiger partial charge in [-0.2, -0.15) is 0 Å². The Morgan fingerprint density at radius 1 is 1.30 bits per heavy atom. The average molecular weight is 292 g/mol. The second-order valence-electron chi connectivity index (χ2n) is 4.26. The van der Waals surface area contributed by atoms with E-state index in [1.165, 1.54) is 12.1 Å². The van der Waals surface area contributed by atoms with Crippen LogP contribution < -0.4 is 10.5 Å². The van der Waals surface area contributed by atoms with Crippen LogP contribution in [0, 0.1) is 5.82 Å². The van der Waals surface area contributed by atoms with Crippen LogP contribution in [0.15, 0.2) is 36.4 Å². The summed E-state index contributed by atoms with van der Waals surface area (Å²) in [6, 6.07) is 9.66. The van der Waals surface area contributed by atoms with Crippen LogP contribution >= 0.6 is 11.6 Å². The molecule has 0 saturated carbocycles. The summed E-state index contributed by atoms with van der Waals surface area (Å²) in [5.41, 5.74) is 7.80. The maximum Gasteiger partial charge on any atom is 0.206 e. The van der Waals surface area contributed by atoms with Gasteiger partial charge in [0, 0.05) is 5.02 Å². The van der Waals surface area contributed by atoms with E-state index in [1.54, 1.807) is 23.8 Å². The van der Waals surface area contributed by atoms with Crippen molar-refractivity contribution in [1.82, 2.24) is 9.55 Å². The average Bonchev–Trinajstić information content (AvgIpc) is 2.73. The molecule has 0 atom stereocenters. The molecule has 0 fully saturated rings. The summed E-state index contributed by atoms with van der Waals surface area (Å²) >= 11 is 5.89. The molecule has 0 radical (unpaired) electrons. The van der Waals surface area contributed by atoms with Gasteiger partial charge in [0.2, 0.25) is 5.95 Å². The van der Waals surface area contributed by atoms with E-state index in [0.717, 1.165) is 5.52 Å². The number of nitrogens with zero attached hydrogens (tertiary/aromatic N) is 2. The molecule has 102 valence electrons. The molecule has 1 aromatic heterocycles. The molecule has 2 N–H and O–H groups in total. The molecule has 0 saturated heterocycles. The standard InChI is InChI=1S/C14H11ClFN3O/c1-20-12-4-2-3-11-13(12)18-14(17)19(11)10-6-8(15)5-9(16)7-10/h2-7H,1H3,(H2,17,18). The summed E-state index contributed by atoms with van der Waals surface area (Å²) in [7, 11) is 1.56. The van der Waals surface area contributed by atoms with E-state index in [-0.39, 0.29) is 5.95 Å². The Morgan fingerprint density at radius 3 is 2.80 bits per heavy atom. The van der Waals surface area contributed by atoms with Gasteiger partial charge in [-0.3, -0.25) is 4.57 Å². The number of halogens is 2. The molecule has 0 aliphatic carbocycles. The van der Waals surface area contributed by atoms with Gasteiger partial charge in [-0.15, -0.1) is 0 Å². The predicted molar refractivity (Wildman–Crippen MR) is 77.0 cm³/mol. The lowest BCUT2D eigenvalue weighted by molar-refractivity contribution is 0.419. The lowest BCUT2D eigenvalue weighted by Gasteiger charge is -2.07. The van der Waals surface area contributed by atoms with Crippen molar-refractivity contribution in [3.8, 4) is 11.4 Å². The summed E-state index contributed by atoms with van der Waals surface area (Å²) in [5, 5.41) is 0.296. The van der Waals surface area contributed by atoms with Crippen LogP contribution in [0.1, 0.15) is 0 Å². The third kappa shape index (κ3) is 1.96. The lowest BCUT2D eigenvalue weighted by atomic mass is 10.2. The fraction of sp³-hybridized carbons (Fsp3) is 0.0714. The van der Waals surface area contributed by atoms with E-state index >= 15 is 0 Å². The van der Waals surface area contributed by atoms with Crippen molar-refractivity contribution >= 4 is 28.6 Å². The topological polar surface area (TPSA) is 53.1 Å². The number of methoxy groups -OCH3 is 1. The highest BCUT2D eigenvalue weighted by Crippen LogP contribution is 2.30. The van der Waals surface area contributed by atoms with Crippen molar-refractivity contribution in [3.63, 3.8) is 0 Å². The number of aromatic nitrogens is 2. The largest absolute Gasteiger partial charge is 0.494 e. The number of rotatable bonds is 2. The molecule has 0 aliphatic rings. The molecular weight excluding hydrogens is 281 g/mol. The normalized spacial score (nSPS) is 10.9. The van der Waals surface area contributed by atoms with Crippen LogP contribution in [0.4, 0.5) is 10.3 Å². The van der Waals surface area contributed by atoms with Gasteiger partial charge in [0.25, 0.3) is 0 Å². The number of ether oxygens (including phenoxy) is 1. The molecule has 6 heteroatoms. The van der Waals surface area contributed by atoms with Gasteiger partial charge in [0.15, 0.2) is 0 Å². The Bertz CT molecular complexity index is 780. The number of fused-ring (bicyclic) bond motifs is 1. The first kappa shape index (κ1) is 12.7. The second kappa shape index (κ2) is 4.68. The van der Waals surface area contributed by atoms with E-state index in [1.807, 2.05) is 12.1 Å². The SMILES string of the molecule is COc1cccc2c1nc(N)n2-c1cc(F)cc(Cl)c1. The Balaban J connectivity index is 2.33. The maximum absolute atomic E-state index is 13.5. The molecule has 3 rings (SSSR count). The number of nitrogen functional groups attached to an aromatic ring is 1. The minimum absolute atomic E-state index is 0.242. The monoisotopic (exact) mass is 291 g/mol. The van der Waals surface area contributed by atoms with Crippen molar-refractivity contribution in [2.24, 2.45) is 0 Å². The molecule has 2 aromatic carbocycles. The highest BCUT2D eigenvalue weighted by Gasteiger charge is 2.14. The highest BCUT2D eigenvalue weighted by atomic mass is 35.5. The zero-order chi connectivity index (χ0) is 14.3. The molecule has 1 heterocycles. The smallest absolute Gasteiger partial charge is 0.206 e. The Kier molecular flexibility index (Phi) is 2.99. The number of hydrogen-bond acceptors (Lipinski definition) is 3. The molecule has 20 heavy (non-hydrogen) atoms. The van der Waals surface area contributed by atoms with Gasteiger partial charge in [-0.05, 0) is 30.3 Å².